The number of carbonyl (C=O) groups excluding carboxylic acids is 1. The van der Waals surface area contributed by atoms with E-state index in [9.17, 15) is 4.79 Å². The van der Waals surface area contributed by atoms with E-state index in [-0.39, 0.29) is 17.9 Å². The molecule has 1 aromatic rings. The fourth-order valence-electron chi connectivity index (χ4n) is 2.15. The Labute approximate surface area is 107 Å². The molecule has 1 aromatic carbocycles. The Morgan fingerprint density at radius 3 is 3.11 bits per heavy atom. The van der Waals surface area contributed by atoms with Crippen molar-refractivity contribution < 1.29 is 14.3 Å². The van der Waals surface area contributed by atoms with E-state index in [1.165, 1.54) is 0 Å². The molecule has 0 radical (unpaired) electrons. The van der Waals surface area contributed by atoms with E-state index >= 15 is 0 Å². The van der Waals surface area contributed by atoms with Gasteiger partial charge in [-0.2, -0.15) is 0 Å². The van der Waals surface area contributed by atoms with Crippen LogP contribution in [-0.2, 0) is 16.0 Å². The number of fused-ring (bicyclic) bond motifs is 1. The summed E-state index contributed by atoms with van der Waals surface area (Å²) in [4.78, 5) is 12.0. The number of carbonyl (C=O) groups is 1. The first-order chi connectivity index (χ1) is 8.70. The van der Waals surface area contributed by atoms with Crippen molar-refractivity contribution in [2.24, 2.45) is 5.92 Å². The van der Waals surface area contributed by atoms with Crippen molar-refractivity contribution in [2.45, 2.75) is 19.4 Å². The molecule has 0 fully saturated rings. The molecule has 0 saturated carbocycles. The maximum absolute atomic E-state index is 12.0. The van der Waals surface area contributed by atoms with Crippen LogP contribution in [0.15, 0.2) is 24.3 Å². The summed E-state index contributed by atoms with van der Waals surface area (Å²) in [5.74, 6) is 0.819. The predicted molar refractivity (Wildman–Crippen MR) is 68.6 cm³/mol. The standard InChI is InChI=1S/C14H19NO3/c1-10(8-17-2)15-14(16)12-7-11-5-3-4-6-13(11)18-9-12/h3-6,10,12H,7-9H2,1-2H3,(H,15,16). The molecule has 4 nitrogen and oxygen atoms in total. The lowest BCUT2D eigenvalue weighted by atomic mass is 9.96. The van der Waals surface area contributed by atoms with Crippen molar-refractivity contribution in [1.82, 2.24) is 5.32 Å². The molecule has 1 heterocycles. The van der Waals surface area contributed by atoms with Crippen molar-refractivity contribution in [3.63, 3.8) is 0 Å². The average molecular weight is 249 g/mol. The molecule has 1 aliphatic rings. The lowest BCUT2D eigenvalue weighted by molar-refractivity contribution is -0.127. The number of hydrogen-bond donors (Lipinski definition) is 1. The van der Waals surface area contributed by atoms with E-state index in [2.05, 4.69) is 5.32 Å². The van der Waals surface area contributed by atoms with Gasteiger partial charge < -0.3 is 14.8 Å². The molecule has 98 valence electrons. The van der Waals surface area contributed by atoms with Crippen LogP contribution in [0.25, 0.3) is 0 Å². The number of methoxy groups -OCH3 is 1. The molecule has 0 aliphatic carbocycles. The van der Waals surface area contributed by atoms with Gasteiger partial charge in [0, 0.05) is 13.2 Å². The maximum Gasteiger partial charge on any atom is 0.227 e. The largest absolute Gasteiger partial charge is 0.492 e. The normalized spacial score (nSPS) is 19.6. The molecule has 4 heteroatoms. The first kappa shape index (κ1) is 12.9. The van der Waals surface area contributed by atoms with Gasteiger partial charge in [0.25, 0.3) is 0 Å². The van der Waals surface area contributed by atoms with Crippen LogP contribution < -0.4 is 10.1 Å². The first-order valence-electron chi connectivity index (χ1n) is 6.20. The number of benzene rings is 1. The van der Waals surface area contributed by atoms with Gasteiger partial charge in [-0.3, -0.25) is 4.79 Å². The average Bonchev–Trinajstić information content (AvgIpc) is 2.38. The Morgan fingerprint density at radius 2 is 2.33 bits per heavy atom. The monoisotopic (exact) mass is 249 g/mol. The summed E-state index contributed by atoms with van der Waals surface area (Å²) in [6.45, 7) is 2.90. The summed E-state index contributed by atoms with van der Waals surface area (Å²) >= 11 is 0. The highest BCUT2D eigenvalue weighted by molar-refractivity contribution is 5.79. The van der Waals surface area contributed by atoms with Gasteiger partial charge in [-0.25, -0.2) is 0 Å². The number of amides is 1. The second-order valence-corrected chi connectivity index (χ2v) is 4.68. The SMILES string of the molecule is COCC(C)NC(=O)C1COc2ccccc2C1. The van der Waals surface area contributed by atoms with Gasteiger partial charge in [0.05, 0.1) is 12.5 Å². The minimum absolute atomic E-state index is 0.0275. The molecule has 1 N–H and O–H groups in total. The van der Waals surface area contributed by atoms with Crippen molar-refractivity contribution in [1.29, 1.82) is 0 Å². The molecule has 0 saturated heterocycles. The van der Waals surface area contributed by atoms with Gasteiger partial charge in [0.2, 0.25) is 5.91 Å². The fraction of sp³-hybridized carbons (Fsp3) is 0.500. The van der Waals surface area contributed by atoms with Crippen molar-refractivity contribution >= 4 is 5.91 Å². The molecule has 1 amide bonds. The second kappa shape index (κ2) is 5.87. The topological polar surface area (TPSA) is 47.6 Å². The summed E-state index contributed by atoms with van der Waals surface area (Å²) in [6, 6.07) is 7.89. The van der Waals surface area contributed by atoms with Gasteiger partial charge in [0.1, 0.15) is 12.4 Å². The molecule has 18 heavy (non-hydrogen) atoms. The third-order valence-corrected chi connectivity index (χ3v) is 3.06. The van der Waals surface area contributed by atoms with Crippen LogP contribution in [0.3, 0.4) is 0 Å². The van der Waals surface area contributed by atoms with Gasteiger partial charge >= 0.3 is 0 Å². The molecular weight excluding hydrogens is 230 g/mol. The second-order valence-electron chi connectivity index (χ2n) is 4.68. The number of hydrogen-bond acceptors (Lipinski definition) is 3. The molecule has 2 rings (SSSR count). The third kappa shape index (κ3) is 3.01. The zero-order valence-corrected chi connectivity index (χ0v) is 10.8. The summed E-state index contributed by atoms with van der Waals surface area (Å²) in [7, 11) is 1.63. The van der Waals surface area contributed by atoms with E-state index in [1.807, 2.05) is 31.2 Å². The Hall–Kier alpha value is -1.55. The number of rotatable bonds is 4. The van der Waals surface area contributed by atoms with E-state index < -0.39 is 0 Å². The van der Waals surface area contributed by atoms with Crippen molar-refractivity contribution in [2.75, 3.05) is 20.3 Å². The van der Waals surface area contributed by atoms with Gasteiger partial charge in [-0.05, 0) is 25.0 Å². The summed E-state index contributed by atoms with van der Waals surface area (Å²) < 4.78 is 10.6. The summed E-state index contributed by atoms with van der Waals surface area (Å²) in [6.07, 6.45) is 0.738. The fourth-order valence-corrected chi connectivity index (χ4v) is 2.15. The van der Waals surface area contributed by atoms with Crippen LogP contribution in [0.1, 0.15) is 12.5 Å². The zero-order valence-electron chi connectivity index (χ0n) is 10.8. The van der Waals surface area contributed by atoms with E-state index in [4.69, 9.17) is 9.47 Å². The van der Waals surface area contributed by atoms with Gasteiger partial charge in [0.15, 0.2) is 0 Å². The third-order valence-electron chi connectivity index (χ3n) is 3.06. The zero-order chi connectivity index (χ0) is 13.0. The molecule has 1 aliphatic heterocycles. The molecule has 0 spiro atoms. The van der Waals surface area contributed by atoms with E-state index in [0.29, 0.717) is 13.2 Å². The van der Waals surface area contributed by atoms with E-state index in [1.54, 1.807) is 7.11 Å². The van der Waals surface area contributed by atoms with Crippen LogP contribution in [-0.4, -0.2) is 32.3 Å². The molecule has 2 unspecified atom stereocenters. The summed E-state index contributed by atoms with van der Waals surface area (Å²) in [5.41, 5.74) is 1.10. The highest BCUT2D eigenvalue weighted by Gasteiger charge is 2.26. The molecular formula is C14H19NO3. The first-order valence-corrected chi connectivity index (χ1v) is 6.20. The predicted octanol–water partition coefficient (Wildman–Crippen LogP) is 1.39. The lowest BCUT2D eigenvalue weighted by Gasteiger charge is -2.25. The van der Waals surface area contributed by atoms with Gasteiger partial charge in [-0.15, -0.1) is 0 Å². The summed E-state index contributed by atoms with van der Waals surface area (Å²) in [5, 5.41) is 2.94. The van der Waals surface area contributed by atoms with E-state index in [0.717, 1.165) is 17.7 Å². The molecule has 0 bridgehead atoms. The molecule has 0 aromatic heterocycles. The van der Waals surface area contributed by atoms with Crippen LogP contribution in [0, 0.1) is 5.92 Å². The number of para-hydroxylation sites is 1. The van der Waals surface area contributed by atoms with Crippen molar-refractivity contribution in [3.8, 4) is 5.75 Å². The number of ether oxygens (including phenoxy) is 2. The van der Waals surface area contributed by atoms with Crippen LogP contribution in [0.4, 0.5) is 0 Å². The Balaban J connectivity index is 1.94. The maximum atomic E-state index is 12.0. The van der Waals surface area contributed by atoms with Gasteiger partial charge in [-0.1, -0.05) is 18.2 Å². The van der Waals surface area contributed by atoms with Crippen molar-refractivity contribution in [3.05, 3.63) is 29.8 Å². The van der Waals surface area contributed by atoms with Crippen LogP contribution in [0.5, 0.6) is 5.75 Å². The lowest BCUT2D eigenvalue weighted by Crippen LogP contribution is -2.43. The number of nitrogens with one attached hydrogen (secondary N) is 1. The minimum Gasteiger partial charge on any atom is -0.492 e. The Morgan fingerprint density at radius 1 is 1.56 bits per heavy atom. The quantitative estimate of drug-likeness (QED) is 0.877. The Kier molecular flexibility index (Phi) is 4.20. The molecule has 2 atom stereocenters. The van der Waals surface area contributed by atoms with Crippen LogP contribution >= 0.6 is 0 Å². The highest BCUT2D eigenvalue weighted by atomic mass is 16.5. The smallest absolute Gasteiger partial charge is 0.227 e. The Bertz CT molecular complexity index is 419. The van der Waals surface area contributed by atoms with Crippen LogP contribution in [0.2, 0.25) is 0 Å². The minimum atomic E-state index is -0.112. The highest BCUT2D eigenvalue weighted by Crippen LogP contribution is 2.26.